The topological polar surface area (TPSA) is 39.2 Å². The molecule has 0 spiro atoms. The minimum absolute atomic E-state index is 0.128. The molecule has 1 heterocycles. The molecule has 0 bridgehead atoms. The predicted molar refractivity (Wildman–Crippen MR) is 63.8 cm³/mol. The van der Waals surface area contributed by atoms with Crippen LogP contribution in [0.4, 0.5) is 0 Å². The van der Waals surface area contributed by atoms with Crippen LogP contribution in [0, 0.1) is 0 Å². The SMILES string of the molecule is COC(=O)CCCC/C=C/c1cccnc1. The van der Waals surface area contributed by atoms with Gasteiger partial charge in [0.25, 0.3) is 0 Å². The Balaban J connectivity index is 2.12. The van der Waals surface area contributed by atoms with E-state index in [-0.39, 0.29) is 5.97 Å². The van der Waals surface area contributed by atoms with E-state index in [2.05, 4.69) is 15.8 Å². The molecule has 0 saturated carbocycles. The van der Waals surface area contributed by atoms with Crippen LogP contribution in [0.15, 0.2) is 30.6 Å². The lowest BCUT2D eigenvalue weighted by molar-refractivity contribution is -0.140. The smallest absolute Gasteiger partial charge is 0.305 e. The number of nitrogens with zero attached hydrogens (tertiary/aromatic N) is 1. The molecule has 86 valence electrons. The van der Waals surface area contributed by atoms with E-state index in [1.807, 2.05) is 24.4 Å². The number of esters is 1. The zero-order valence-corrected chi connectivity index (χ0v) is 9.56. The van der Waals surface area contributed by atoms with Gasteiger partial charge in [-0.1, -0.05) is 18.2 Å². The molecule has 3 heteroatoms. The molecule has 0 saturated heterocycles. The van der Waals surface area contributed by atoms with E-state index in [0.717, 1.165) is 24.8 Å². The third-order valence-electron chi connectivity index (χ3n) is 2.22. The van der Waals surface area contributed by atoms with Crippen molar-refractivity contribution in [3.8, 4) is 0 Å². The Hall–Kier alpha value is -1.64. The zero-order valence-electron chi connectivity index (χ0n) is 9.56. The first-order valence-corrected chi connectivity index (χ1v) is 5.46. The minimum Gasteiger partial charge on any atom is -0.469 e. The monoisotopic (exact) mass is 219 g/mol. The van der Waals surface area contributed by atoms with Crippen LogP contribution in [-0.4, -0.2) is 18.1 Å². The fourth-order valence-corrected chi connectivity index (χ4v) is 1.33. The molecule has 0 fully saturated rings. The Morgan fingerprint density at radius 3 is 3.06 bits per heavy atom. The van der Waals surface area contributed by atoms with Crippen molar-refractivity contribution in [1.82, 2.24) is 4.98 Å². The van der Waals surface area contributed by atoms with Crippen molar-refractivity contribution in [3.63, 3.8) is 0 Å². The summed E-state index contributed by atoms with van der Waals surface area (Å²) in [5.41, 5.74) is 1.11. The Bertz CT molecular complexity index is 333. The van der Waals surface area contributed by atoms with E-state index in [1.54, 1.807) is 6.20 Å². The Morgan fingerprint density at radius 1 is 1.50 bits per heavy atom. The second-order valence-electron chi connectivity index (χ2n) is 3.51. The molecule has 0 aliphatic rings. The lowest BCUT2D eigenvalue weighted by Crippen LogP contribution is -1.98. The molecule has 16 heavy (non-hydrogen) atoms. The van der Waals surface area contributed by atoms with Crippen LogP contribution >= 0.6 is 0 Å². The summed E-state index contributed by atoms with van der Waals surface area (Å²) in [6.45, 7) is 0. The highest BCUT2D eigenvalue weighted by molar-refractivity contribution is 5.68. The van der Waals surface area contributed by atoms with Gasteiger partial charge in [-0.25, -0.2) is 0 Å². The number of pyridine rings is 1. The Kier molecular flexibility index (Phi) is 5.92. The van der Waals surface area contributed by atoms with Gasteiger partial charge in [-0.2, -0.15) is 0 Å². The maximum atomic E-state index is 10.8. The number of aromatic nitrogens is 1. The summed E-state index contributed by atoms with van der Waals surface area (Å²) < 4.78 is 4.56. The number of hydrogen-bond acceptors (Lipinski definition) is 3. The van der Waals surface area contributed by atoms with Gasteiger partial charge < -0.3 is 4.74 Å². The highest BCUT2D eigenvalue weighted by Crippen LogP contribution is 2.05. The third-order valence-corrected chi connectivity index (χ3v) is 2.22. The molecule has 0 unspecified atom stereocenters. The van der Waals surface area contributed by atoms with E-state index < -0.39 is 0 Å². The summed E-state index contributed by atoms with van der Waals surface area (Å²) in [5, 5.41) is 0. The summed E-state index contributed by atoms with van der Waals surface area (Å²) >= 11 is 0. The zero-order chi connectivity index (χ0) is 11.6. The number of rotatable bonds is 6. The second-order valence-corrected chi connectivity index (χ2v) is 3.51. The highest BCUT2D eigenvalue weighted by Gasteiger charge is 1.97. The molecule has 3 nitrogen and oxygen atoms in total. The van der Waals surface area contributed by atoms with Crippen molar-refractivity contribution in [2.24, 2.45) is 0 Å². The van der Waals surface area contributed by atoms with Crippen LogP contribution in [0.2, 0.25) is 0 Å². The van der Waals surface area contributed by atoms with Crippen molar-refractivity contribution >= 4 is 12.0 Å². The summed E-state index contributed by atoms with van der Waals surface area (Å²) in [7, 11) is 1.42. The lowest BCUT2D eigenvalue weighted by atomic mass is 10.1. The van der Waals surface area contributed by atoms with Gasteiger partial charge in [0.15, 0.2) is 0 Å². The van der Waals surface area contributed by atoms with E-state index in [4.69, 9.17) is 0 Å². The number of carbonyl (C=O) groups excluding carboxylic acids is 1. The van der Waals surface area contributed by atoms with Crippen molar-refractivity contribution in [2.75, 3.05) is 7.11 Å². The summed E-state index contributed by atoms with van der Waals surface area (Å²) in [5.74, 6) is -0.128. The molecule has 1 aromatic rings. The summed E-state index contributed by atoms with van der Waals surface area (Å²) in [4.78, 5) is 14.8. The first-order chi connectivity index (χ1) is 7.83. The Morgan fingerprint density at radius 2 is 2.38 bits per heavy atom. The lowest BCUT2D eigenvalue weighted by Gasteiger charge is -1.97. The summed E-state index contributed by atoms with van der Waals surface area (Å²) in [6, 6.07) is 3.93. The summed E-state index contributed by atoms with van der Waals surface area (Å²) in [6.07, 6.45) is 11.1. The normalized spacial score (nSPS) is 10.6. The van der Waals surface area contributed by atoms with Crippen molar-refractivity contribution in [2.45, 2.75) is 25.7 Å². The van der Waals surface area contributed by atoms with Gasteiger partial charge in [-0.05, 0) is 30.9 Å². The van der Waals surface area contributed by atoms with E-state index in [0.29, 0.717) is 6.42 Å². The fraction of sp³-hybridized carbons (Fsp3) is 0.385. The third kappa shape index (κ3) is 5.29. The van der Waals surface area contributed by atoms with Gasteiger partial charge in [0.2, 0.25) is 0 Å². The van der Waals surface area contributed by atoms with Gasteiger partial charge in [-0.15, -0.1) is 0 Å². The van der Waals surface area contributed by atoms with Crippen molar-refractivity contribution in [3.05, 3.63) is 36.2 Å². The molecular formula is C13H17NO2. The van der Waals surface area contributed by atoms with E-state index >= 15 is 0 Å². The maximum absolute atomic E-state index is 10.8. The molecule has 0 aliphatic carbocycles. The molecule has 0 aliphatic heterocycles. The fourth-order valence-electron chi connectivity index (χ4n) is 1.33. The standard InChI is InChI=1S/C13H17NO2/c1-16-13(15)9-5-3-2-4-7-12-8-6-10-14-11-12/h4,6-8,10-11H,2-3,5,9H2,1H3/b7-4+. The van der Waals surface area contributed by atoms with E-state index in [9.17, 15) is 4.79 Å². The molecule has 0 aromatic carbocycles. The van der Waals surface area contributed by atoms with Crippen LogP contribution in [0.1, 0.15) is 31.2 Å². The van der Waals surface area contributed by atoms with Gasteiger partial charge >= 0.3 is 5.97 Å². The van der Waals surface area contributed by atoms with Crippen LogP contribution in [0.25, 0.3) is 6.08 Å². The molecule has 0 amide bonds. The van der Waals surface area contributed by atoms with Crippen LogP contribution in [-0.2, 0) is 9.53 Å². The molecule has 1 aromatic heterocycles. The average Bonchev–Trinajstić information content (AvgIpc) is 2.34. The van der Waals surface area contributed by atoms with Crippen LogP contribution in [0.3, 0.4) is 0 Å². The highest BCUT2D eigenvalue weighted by atomic mass is 16.5. The quantitative estimate of drug-likeness (QED) is 0.545. The number of methoxy groups -OCH3 is 1. The molecule has 1 rings (SSSR count). The first kappa shape index (κ1) is 12.4. The number of ether oxygens (including phenoxy) is 1. The Labute approximate surface area is 96.2 Å². The second kappa shape index (κ2) is 7.63. The van der Waals surface area contributed by atoms with Crippen molar-refractivity contribution < 1.29 is 9.53 Å². The molecule has 0 atom stereocenters. The van der Waals surface area contributed by atoms with Gasteiger partial charge in [0.05, 0.1) is 7.11 Å². The predicted octanol–water partition coefficient (Wildman–Crippen LogP) is 2.83. The van der Waals surface area contributed by atoms with Crippen LogP contribution < -0.4 is 0 Å². The van der Waals surface area contributed by atoms with Crippen molar-refractivity contribution in [1.29, 1.82) is 0 Å². The number of unbranched alkanes of at least 4 members (excludes halogenated alkanes) is 2. The number of allylic oxidation sites excluding steroid dienone is 1. The number of hydrogen-bond donors (Lipinski definition) is 0. The number of carbonyl (C=O) groups is 1. The average molecular weight is 219 g/mol. The minimum atomic E-state index is -0.128. The maximum Gasteiger partial charge on any atom is 0.305 e. The van der Waals surface area contributed by atoms with Crippen LogP contribution in [0.5, 0.6) is 0 Å². The molecule has 0 N–H and O–H groups in total. The molecular weight excluding hydrogens is 202 g/mol. The van der Waals surface area contributed by atoms with Gasteiger partial charge in [0.1, 0.15) is 0 Å². The first-order valence-electron chi connectivity index (χ1n) is 5.46. The van der Waals surface area contributed by atoms with Gasteiger partial charge in [0, 0.05) is 18.8 Å². The van der Waals surface area contributed by atoms with Gasteiger partial charge in [-0.3, -0.25) is 9.78 Å². The molecule has 0 radical (unpaired) electrons. The largest absolute Gasteiger partial charge is 0.469 e. The van der Waals surface area contributed by atoms with E-state index in [1.165, 1.54) is 7.11 Å².